The first-order valence-corrected chi connectivity index (χ1v) is 8.38. The minimum atomic E-state index is -0.474. The van der Waals surface area contributed by atoms with E-state index in [4.69, 9.17) is 20.9 Å². The van der Waals surface area contributed by atoms with Gasteiger partial charge in [-0.2, -0.15) is 12.6 Å². The SMILES string of the molecule is CC1(C)OB(C(=Cc2ccc(CCl)c(F)c2)CS)OC1(C)C. The van der Waals surface area contributed by atoms with Gasteiger partial charge >= 0.3 is 7.12 Å². The van der Waals surface area contributed by atoms with Crippen LogP contribution in [0.2, 0.25) is 0 Å². The van der Waals surface area contributed by atoms with Crippen molar-refractivity contribution in [1.29, 1.82) is 0 Å². The molecule has 1 aromatic carbocycles. The van der Waals surface area contributed by atoms with E-state index in [-0.39, 0.29) is 11.7 Å². The van der Waals surface area contributed by atoms with E-state index in [1.54, 1.807) is 6.07 Å². The van der Waals surface area contributed by atoms with Crippen molar-refractivity contribution in [3.8, 4) is 0 Å². The van der Waals surface area contributed by atoms with Crippen LogP contribution in [-0.4, -0.2) is 24.1 Å². The van der Waals surface area contributed by atoms with E-state index in [1.165, 1.54) is 6.07 Å². The van der Waals surface area contributed by atoms with E-state index in [0.717, 1.165) is 11.0 Å². The number of thiol groups is 1. The Bertz CT molecular complexity index is 574. The summed E-state index contributed by atoms with van der Waals surface area (Å²) >= 11 is 10.0. The highest BCUT2D eigenvalue weighted by atomic mass is 35.5. The first-order chi connectivity index (χ1) is 10.2. The summed E-state index contributed by atoms with van der Waals surface area (Å²) in [5.74, 6) is 0.318. The number of halogens is 2. The van der Waals surface area contributed by atoms with Gasteiger partial charge in [-0.15, -0.1) is 11.6 Å². The highest BCUT2D eigenvalue weighted by molar-refractivity contribution is 7.80. The summed E-state index contributed by atoms with van der Waals surface area (Å²) in [7, 11) is -0.474. The van der Waals surface area contributed by atoms with Crippen molar-refractivity contribution in [2.45, 2.75) is 44.8 Å². The molecule has 120 valence electrons. The normalized spacial score (nSPS) is 20.5. The summed E-state index contributed by atoms with van der Waals surface area (Å²) < 4.78 is 25.9. The Morgan fingerprint density at radius 1 is 1.27 bits per heavy atom. The van der Waals surface area contributed by atoms with Crippen molar-refractivity contribution >= 4 is 37.4 Å². The molecule has 2 rings (SSSR count). The Labute approximate surface area is 142 Å². The quantitative estimate of drug-likeness (QED) is 0.493. The van der Waals surface area contributed by atoms with E-state index < -0.39 is 18.3 Å². The zero-order valence-corrected chi connectivity index (χ0v) is 15.0. The predicted octanol–water partition coefficient (Wildman–Crippen LogP) is 4.51. The smallest absolute Gasteiger partial charge is 0.400 e. The van der Waals surface area contributed by atoms with Crippen molar-refractivity contribution in [3.05, 3.63) is 40.6 Å². The molecule has 1 fully saturated rings. The van der Waals surface area contributed by atoms with Crippen LogP contribution in [0.15, 0.2) is 23.7 Å². The summed E-state index contributed by atoms with van der Waals surface area (Å²) in [6.07, 6.45) is 1.86. The van der Waals surface area contributed by atoms with Gasteiger partial charge in [0.25, 0.3) is 0 Å². The van der Waals surface area contributed by atoms with Gasteiger partial charge in [0, 0.05) is 11.3 Å². The first-order valence-electron chi connectivity index (χ1n) is 7.21. The van der Waals surface area contributed by atoms with Gasteiger partial charge in [0.15, 0.2) is 0 Å². The van der Waals surface area contributed by atoms with Crippen LogP contribution in [0.1, 0.15) is 38.8 Å². The zero-order chi connectivity index (χ0) is 16.5. The maximum atomic E-state index is 13.8. The maximum absolute atomic E-state index is 13.8. The molecule has 0 saturated carbocycles. The molecule has 0 radical (unpaired) electrons. The topological polar surface area (TPSA) is 18.5 Å². The summed E-state index contributed by atoms with van der Waals surface area (Å²) in [5, 5.41) is 0. The van der Waals surface area contributed by atoms with Crippen LogP contribution in [0.3, 0.4) is 0 Å². The van der Waals surface area contributed by atoms with Gasteiger partial charge in [-0.1, -0.05) is 18.2 Å². The molecule has 0 amide bonds. The molecule has 0 atom stereocenters. The Kier molecular flexibility index (Phi) is 5.32. The molecule has 22 heavy (non-hydrogen) atoms. The van der Waals surface area contributed by atoms with Crippen molar-refractivity contribution in [2.75, 3.05) is 5.75 Å². The fourth-order valence-corrected chi connectivity index (χ4v) is 2.62. The average molecular weight is 343 g/mol. The molecular weight excluding hydrogens is 322 g/mol. The highest BCUT2D eigenvalue weighted by Crippen LogP contribution is 2.39. The Morgan fingerprint density at radius 2 is 1.86 bits per heavy atom. The summed E-state index contributed by atoms with van der Waals surface area (Å²) in [4.78, 5) is 0. The van der Waals surface area contributed by atoms with E-state index >= 15 is 0 Å². The number of hydrogen-bond acceptors (Lipinski definition) is 3. The van der Waals surface area contributed by atoms with Crippen LogP contribution in [-0.2, 0) is 15.2 Å². The molecule has 1 heterocycles. The lowest BCUT2D eigenvalue weighted by atomic mass is 9.78. The van der Waals surface area contributed by atoms with E-state index in [0.29, 0.717) is 11.3 Å². The van der Waals surface area contributed by atoms with Crippen molar-refractivity contribution in [1.82, 2.24) is 0 Å². The second-order valence-electron chi connectivity index (χ2n) is 6.45. The lowest BCUT2D eigenvalue weighted by molar-refractivity contribution is 0.00578. The summed E-state index contributed by atoms with van der Waals surface area (Å²) in [6, 6.07) is 4.98. The van der Waals surface area contributed by atoms with E-state index in [1.807, 2.05) is 39.8 Å². The van der Waals surface area contributed by atoms with Crippen LogP contribution in [0.25, 0.3) is 6.08 Å². The molecule has 1 saturated heterocycles. The Balaban J connectivity index is 2.27. The van der Waals surface area contributed by atoms with Gasteiger partial charge in [-0.3, -0.25) is 0 Å². The standard InChI is InChI=1S/C16H21BClFO2S/c1-15(2)16(3,4)21-17(20-15)13(10-22)7-11-5-6-12(9-18)14(19)8-11/h5-8,22H,9-10H2,1-4H3. The van der Waals surface area contributed by atoms with Crippen molar-refractivity contribution in [3.63, 3.8) is 0 Å². The zero-order valence-electron chi connectivity index (χ0n) is 13.3. The summed E-state index contributed by atoms with van der Waals surface area (Å²) in [5.41, 5.74) is 1.27. The van der Waals surface area contributed by atoms with Gasteiger partial charge in [0.1, 0.15) is 5.82 Å². The van der Waals surface area contributed by atoms with Gasteiger partial charge in [-0.05, 0) is 44.8 Å². The molecular formula is C16H21BClFO2S. The second kappa shape index (κ2) is 6.56. The monoisotopic (exact) mass is 342 g/mol. The van der Waals surface area contributed by atoms with Crippen LogP contribution < -0.4 is 0 Å². The molecule has 1 aliphatic heterocycles. The number of alkyl halides is 1. The second-order valence-corrected chi connectivity index (χ2v) is 7.03. The molecule has 0 unspecified atom stereocenters. The molecule has 2 nitrogen and oxygen atoms in total. The molecule has 1 aromatic rings. The van der Waals surface area contributed by atoms with Gasteiger partial charge in [-0.25, -0.2) is 4.39 Å². The maximum Gasteiger partial charge on any atom is 0.491 e. The van der Waals surface area contributed by atoms with Crippen LogP contribution in [0.5, 0.6) is 0 Å². The van der Waals surface area contributed by atoms with E-state index in [9.17, 15) is 4.39 Å². The Morgan fingerprint density at radius 3 is 2.32 bits per heavy atom. The lowest BCUT2D eigenvalue weighted by Crippen LogP contribution is -2.41. The van der Waals surface area contributed by atoms with E-state index in [2.05, 4.69) is 12.6 Å². The Hall–Kier alpha value is -0.485. The number of rotatable bonds is 4. The molecule has 0 spiro atoms. The first kappa shape index (κ1) is 17.9. The third-order valence-electron chi connectivity index (χ3n) is 4.31. The van der Waals surface area contributed by atoms with Crippen molar-refractivity contribution < 1.29 is 13.7 Å². The van der Waals surface area contributed by atoms with Crippen LogP contribution >= 0.6 is 24.2 Å². The third kappa shape index (κ3) is 3.53. The minimum absolute atomic E-state index is 0.159. The fourth-order valence-electron chi connectivity index (χ4n) is 2.16. The lowest BCUT2D eigenvalue weighted by Gasteiger charge is -2.32. The molecule has 0 aromatic heterocycles. The molecule has 0 bridgehead atoms. The molecule has 0 aliphatic carbocycles. The average Bonchev–Trinajstić information content (AvgIpc) is 2.65. The fraction of sp³-hybridized carbons (Fsp3) is 0.500. The van der Waals surface area contributed by atoms with Gasteiger partial charge in [0.05, 0.1) is 17.1 Å². The molecule has 6 heteroatoms. The number of benzene rings is 1. The van der Waals surface area contributed by atoms with Gasteiger partial charge < -0.3 is 9.31 Å². The minimum Gasteiger partial charge on any atom is -0.400 e. The van der Waals surface area contributed by atoms with Crippen LogP contribution in [0.4, 0.5) is 4.39 Å². The predicted molar refractivity (Wildman–Crippen MR) is 93.9 cm³/mol. The molecule has 1 aliphatic rings. The van der Waals surface area contributed by atoms with Crippen molar-refractivity contribution in [2.24, 2.45) is 0 Å². The number of hydrogen-bond donors (Lipinski definition) is 1. The highest BCUT2D eigenvalue weighted by Gasteiger charge is 2.52. The molecule has 0 N–H and O–H groups in total. The summed E-state index contributed by atoms with van der Waals surface area (Å²) in [6.45, 7) is 7.99. The third-order valence-corrected chi connectivity index (χ3v) is 4.96. The van der Waals surface area contributed by atoms with Gasteiger partial charge in [0.2, 0.25) is 0 Å². The van der Waals surface area contributed by atoms with Crippen LogP contribution in [0, 0.1) is 5.82 Å². The largest absolute Gasteiger partial charge is 0.491 e.